The van der Waals surface area contributed by atoms with Crippen molar-refractivity contribution in [3.05, 3.63) is 53.1 Å². The molecule has 2 fully saturated rings. The first-order valence-corrected chi connectivity index (χ1v) is 10.7. The van der Waals surface area contributed by atoms with Gasteiger partial charge in [0.15, 0.2) is 5.82 Å². The number of hydrogen-bond donors (Lipinski definition) is 2. The SMILES string of the molecule is O=S(=O)(/C=C/c1ccccc1)NC1CCN(c2cc(C3CC3)[nH]n2)CC1. The van der Waals surface area contributed by atoms with Crippen LogP contribution >= 0.6 is 0 Å². The van der Waals surface area contributed by atoms with Crippen LogP contribution in [-0.2, 0) is 10.0 Å². The summed E-state index contributed by atoms with van der Waals surface area (Å²) in [5.74, 6) is 1.65. The van der Waals surface area contributed by atoms with Crippen molar-refractivity contribution in [2.24, 2.45) is 0 Å². The molecular formula is C19H24N4O2S. The summed E-state index contributed by atoms with van der Waals surface area (Å²) in [5.41, 5.74) is 2.10. The lowest BCUT2D eigenvalue weighted by atomic mass is 10.1. The maximum Gasteiger partial charge on any atom is 0.233 e. The number of anilines is 1. The van der Waals surface area contributed by atoms with Crippen LogP contribution in [-0.4, -0.2) is 37.7 Å². The number of nitrogens with zero attached hydrogens (tertiary/aromatic N) is 2. The molecule has 1 aromatic heterocycles. The summed E-state index contributed by atoms with van der Waals surface area (Å²) in [7, 11) is -3.43. The molecule has 4 rings (SSSR count). The van der Waals surface area contributed by atoms with Crippen molar-refractivity contribution in [1.82, 2.24) is 14.9 Å². The molecule has 7 heteroatoms. The van der Waals surface area contributed by atoms with Gasteiger partial charge in [-0.2, -0.15) is 5.10 Å². The average molecular weight is 372 g/mol. The molecule has 2 N–H and O–H groups in total. The zero-order valence-corrected chi connectivity index (χ0v) is 15.5. The van der Waals surface area contributed by atoms with Crippen LogP contribution in [0.5, 0.6) is 0 Å². The van der Waals surface area contributed by atoms with Gasteiger partial charge in [-0.1, -0.05) is 30.3 Å². The first-order chi connectivity index (χ1) is 12.6. The van der Waals surface area contributed by atoms with Gasteiger partial charge in [-0.05, 0) is 37.3 Å². The zero-order chi connectivity index (χ0) is 18.0. The first kappa shape index (κ1) is 17.3. The van der Waals surface area contributed by atoms with Gasteiger partial charge >= 0.3 is 0 Å². The Morgan fingerprint density at radius 2 is 1.85 bits per heavy atom. The molecule has 0 spiro atoms. The summed E-state index contributed by atoms with van der Waals surface area (Å²) in [6, 6.07) is 11.6. The van der Waals surface area contributed by atoms with Crippen molar-refractivity contribution in [2.75, 3.05) is 18.0 Å². The van der Waals surface area contributed by atoms with Gasteiger partial charge in [0.2, 0.25) is 10.0 Å². The van der Waals surface area contributed by atoms with E-state index in [0.717, 1.165) is 37.3 Å². The molecule has 0 radical (unpaired) electrons. The maximum atomic E-state index is 12.3. The standard InChI is InChI=1S/C19H24N4O2S/c24-26(25,13-10-15-4-2-1-3-5-15)22-17-8-11-23(12-9-17)19-14-18(20-21-19)16-6-7-16/h1-5,10,13-14,16-17,22H,6-9,11-12H2,(H,20,21)/b13-10+. The molecule has 0 unspecified atom stereocenters. The maximum absolute atomic E-state index is 12.3. The van der Waals surface area contributed by atoms with E-state index < -0.39 is 10.0 Å². The van der Waals surface area contributed by atoms with Gasteiger partial charge < -0.3 is 4.90 Å². The van der Waals surface area contributed by atoms with Crippen molar-refractivity contribution in [3.8, 4) is 0 Å². The van der Waals surface area contributed by atoms with Crippen molar-refractivity contribution in [3.63, 3.8) is 0 Å². The molecule has 1 aliphatic heterocycles. The highest BCUT2D eigenvalue weighted by Crippen LogP contribution is 2.40. The number of benzene rings is 1. The number of H-pyrrole nitrogens is 1. The molecule has 2 aliphatic rings. The Balaban J connectivity index is 1.30. The van der Waals surface area contributed by atoms with Crippen molar-refractivity contribution >= 4 is 21.9 Å². The number of aromatic nitrogens is 2. The molecular weight excluding hydrogens is 348 g/mol. The number of piperidine rings is 1. The molecule has 138 valence electrons. The second kappa shape index (κ2) is 7.25. The van der Waals surface area contributed by atoms with Crippen LogP contribution in [0.15, 0.2) is 41.8 Å². The van der Waals surface area contributed by atoms with Crippen LogP contribution in [0.4, 0.5) is 5.82 Å². The summed E-state index contributed by atoms with van der Waals surface area (Å²) in [4.78, 5) is 2.23. The van der Waals surface area contributed by atoms with E-state index in [2.05, 4.69) is 25.9 Å². The van der Waals surface area contributed by atoms with Gasteiger partial charge in [-0.25, -0.2) is 13.1 Å². The summed E-state index contributed by atoms with van der Waals surface area (Å²) in [5, 5.41) is 8.80. The molecule has 0 bridgehead atoms. The monoisotopic (exact) mass is 372 g/mol. The average Bonchev–Trinajstić information content (AvgIpc) is 3.39. The lowest BCUT2D eigenvalue weighted by molar-refractivity contribution is 0.461. The van der Waals surface area contributed by atoms with Crippen LogP contribution in [0.25, 0.3) is 6.08 Å². The van der Waals surface area contributed by atoms with Gasteiger partial charge in [-0.3, -0.25) is 5.10 Å². The highest BCUT2D eigenvalue weighted by molar-refractivity contribution is 7.92. The lowest BCUT2D eigenvalue weighted by Crippen LogP contribution is -2.44. The topological polar surface area (TPSA) is 78.1 Å². The van der Waals surface area contributed by atoms with Crippen LogP contribution in [0, 0.1) is 0 Å². The van der Waals surface area contributed by atoms with Gasteiger partial charge in [0, 0.05) is 42.2 Å². The fraction of sp³-hybridized carbons (Fsp3) is 0.421. The van der Waals surface area contributed by atoms with Crippen molar-refractivity contribution in [1.29, 1.82) is 0 Å². The molecule has 26 heavy (non-hydrogen) atoms. The summed E-state index contributed by atoms with van der Waals surface area (Å²) < 4.78 is 27.4. The Hall–Kier alpha value is -2.12. The predicted octanol–water partition coefficient (Wildman–Crippen LogP) is 2.85. The molecule has 6 nitrogen and oxygen atoms in total. The van der Waals surface area contributed by atoms with Crippen LogP contribution in [0.3, 0.4) is 0 Å². The summed E-state index contributed by atoms with van der Waals surface area (Å²) in [6.07, 6.45) is 5.69. The largest absolute Gasteiger partial charge is 0.355 e. The van der Waals surface area contributed by atoms with E-state index in [1.54, 1.807) is 6.08 Å². The third-order valence-corrected chi connectivity index (χ3v) is 6.15. The third kappa shape index (κ3) is 4.34. The lowest BCUT2D eigenvalue weighted by Gasteiger charge is -2.31. The van der Waals surface area contributed by atoms with Gasteiger partial charge in [0.25, 0.3) is 0 Å². The van der Waals surface area contributed by atoms with E-state index in [0.29, 0.717) is 5.92 Å². The Labute approximate surface area is 154 Å². The molecule has 0 amide bonds. The second-order valence-electron chi connectivity index (χ2n) is 7.09. The third-order valence-electron chi connectivity index (χ3n) is 4.99. The Morgan fingerprint density at radius 1 is 1.12 bits per heavy atom. The Morgan fingerprint density at radius 3 is 2.54 bits per heavy atom. The molecule has 2 aromatic rings. The van der Waals surface area contributed by atoms with E-state index in [-0.39, 0.29) is 6.04 Å². The minimum absolute atomic E-state index is 0.0292. The normalized spacial score (nSPS) is 19.3. The highest BCUT2D eigenvalue weighted by Gasteiger charge is 2.28. The van der Waals surface area contributed by atoms with E-state index >= 15 is 0 Å². The number of sulfonamides is 1. The van der Waals surface area contributed by atoms with Crippen molar-refractivity contribution in [2.45, 2.75) is 37.6 Å². The van der Waals surface area contributed by atoms with Gasteiger partial charge in [0.1, 0.15) is 0 Å². The van der Waals surface area contributed by atoms with E-state index in [9.17, 15) is 8.42 Å². The Bertz CT molecular complexity index is 864. The quantitative estimate of drug-likeness (QED) is 0.817. The summed E-state index contributed by atoms with van der Waals surface area (Å²) in [6.45, 7) is 1.62. The number of rotatable bonds is 6. The van der Waals surface area contributed by atoms with Gasteiger partial charge in [-0.15, -0.1) is 0 Å². The molecule has 1 aromatic carbocycles. The second-order valence-corrected chi connectivity index (χ2v) is 8.69. The number of aromatic amines is 1. The molecule has 1 saturated heterocycles. The zero-order valence-electron chi connectivity index (χ0n) is 14.6. The van der Waals surface area contributed by atoms with E-state index in [1.165, 1.54) is 23.9 Å². The Kier molecular flexibility index (Phi) is 4.82. The number of nitrogens with one attached hydrogen (secondary N) is 2. The molecule has 1 aliphatic carbocycles. The predicted molar refractivity (Wildman–Crippen MR) is 103 cm³/mol. The van der Waals surface area contributed by atoms with Crippen LogP contribution in [0.1, 0.15) is 42.9 Å². The smallest absolute Gasteiger partial charge is 0.233 e. The minimum Gasteiger partial charge on any atom is -0.355 e. The van der Waals surface area contributed by atoms with E-state index in [4.69, 9.17) is 0 Å². The molecule has 2 heterocycles. The molecule has 1 saturated carbocycles. The van der Waals surface area contributed by atoms with Crippen LogP contribution < -0.4 is 9.62 Å². The highest BCUT2D eigenvalue weighted by atomic mass is 32.2. The minimum atomic E-state index is -3.43. The van der Waals surface area contributed by atoms with Gasteiger partial charge in [0.05, 0.1) is 0 Å². The first-order valence-electron chi connectivity index (χ1n) is 9.15. The van der Waals surface area contributed by atoms with Crippen molar-refractivity contribution < 1.29 is 8.42 Å². The summed E-state index contributed by atoms with van der Waals surface area (Å²) >= 11 is 0. The fourth-order valence-electron chi connectivity index (χ4n) is 3.32. The van der Waals surface area contributed by atoms with E-state index in [1.807, 2.05) is 30.3 Å². The molecule has 0 atom stereocenters. The fourth-order valence-corrected chi connectivity index (χ4v) is 4.44. The van der Waals surface area contributed by atoms with Crippen LogP contribution in [0.2, 0.25) is 0 Å². The number of hydrogen-bond acceptors (Lipinski definition) is 4.